The number of halogens is 1. The summed E-state index contributed by atoms with van der Waals surface area (Å²) in [6.07, 6.45) is 5.12. The molecule has 7 heteroatoms. The van der Waals surface area contributed by atoms with Crippen molar-refractivity contribution < 1.29 is 17.6 Å². The Morgan fingerprint density at radius 1 is 1.22 bits per heavy atom. The lowest BCUT2D eigenvalue weighted by molar-refractivity contribution is -0.121. The smallest absolute Gasteiger partial charge is 0.220 e. The van der Waals surface area contributed by atoms with Crippen molar-refractivity contribution >= 4 is 15.9 Å². The van der Waals surface area contributed by atoms with Gasteiger partial charge in [0, 0.05) is 19.5 Å². The fourth-order valence-electron chi connectivity index (χ4n) is 2.85. The first-order valence-electron chi connectivity index (χ1n) is 7.93. The van der Waals surface area contributed by atoms with Gasteiger partial charge in [0.15, 0.2) is 0 Å². The third-order valence-electron chi connectivity index (χ3n) is 3.96. The standard InChI is InChI=1S/C16H23FN2O3S/c17-15-7-3-6-14(10-15)12-23(21,22)19-9-8-18-16(20)11-13-4-1-2-5-13/h3,6-7,10,13,19H,1-2,4-5,8-9,11-12H2,(H,18,20). The highest BCUT2D eigenvalue weighted by Gasteiger charge is 2.18. The molecular formula is C16H23FN2O3S. The molecule has 0 atom stereocenters. The minimum absolute atomic E-state index is 0.0266. The zero-order chi connectivity index (χ0) is 16.7. The second kappa shape index (κ2) is 8.40. The summed E-state index contributed by atoms with van der Waals surface area (Å²) in [6.45, 7) is 0.391. The summed E-state index contributed by atoms with van der Waals surface area (Å²) in [5.41, 5.74) is 0.391. The summed E-state index contributed by atoms with van der Waals surface area (Å²) in [6, 6.07) is 5.50. The Balaban J connectivity index is 1.67. The van der Waals surface area contributed by atoms with E-state index < -0.39 is 15.8 Å². The molecule has 0 saturated heterocycles. The zero-order valence-electron chi connectivity index (χ0n) is 13.1. The maximum Gasteiger partial charge on any atom is 0.220 e. The fraction of sp³-hybridized carbons (Fsp3) is 0.562. The van der Waals surface area contributed by atoms with Gasteiger partial charge in [0.1, 0.15) is 5.82 Å². The maximum atomic E-state index is 13.0. The summed E-state index contributed by atoms with van der Waals surface area (Å²) in [4.78, 5) is 11.7. The van der Waals surface area contributed by atoms with Crippen LogP contribution in [0.3, 0.4) is 0 Å². The number of carbonyl (C=O) groups excluding carboxylic acids is 1. The Labute approximate surface area is 136 Å². The molecule has 1 saturated carbocycles. The molecule has 1 aromatic rings. The highest BCUT2D eigenvalue weighted by Crippen LogP contribution is 2.27. The number of sulfonamides is 1. The van der Waals surface area contributed by atoms with Crippen LogP contribution in [0, 0.1) is 11.7 Å². The largest absolute Gasteiger partial charge is 0.355 e. The molecular weight excluding hydrogens is 319 g/mol. The van der Waals surface area contributed by atoms with E-state index in [-0.39, 0.29) is 24.7 Å². The van der Waals surface area contributed by atoms with E-state index in [1.807, 2.05) is 0 Å². The van der Waals surface area contributed by atoms with Crippen LogP contribution in [-0.2, 0) is 20.6 Å². The number of hydrogen-bond donors (Lipinski definition) is 2. The highest BCUT2D eigenvalue weighted by molar-refractivity contribution is 7.88. The van der Waals surface area contributed by atoms with Gasteiger partial charge < -0.3 is 5.32 Å². The molecule has 0 aliphatic heterocycles. The van der Waals surface area contributed by atoms with Gasteiger partial charge in [-0.05, 0) is 36.5 Å². The molecule has 0 bridgehead atoms. The van der Waals surface area contributed by atoms with Gasteiger partial charge in [-0.1, -0.05) is 25.0 Å². The molecule has 1 aliphatic rings. The zero-order valence-corrected chi connectivity index (χ0v) is 13.9. The van der Waals surface area contributed by atoms with Gasteiger partial charge in [-0.2, -0.15) is 0 Å². The van der Waals surface area contributed by atoms with Crippen molar-refractivity contribution in [3.05, 3.63) is 35.6 Å². The molecule has 0 heterocycles. The molecule has 0 spiro atoms. The Bertz CT molecular complexity index is 628. The average molecular weight is 342 g/mol. The number of amides is 1. The molecule has 1 fully saturated rings. The Morgan fingerprint density at radius 2 is 1.96 bits per heavy atom. The Hall–Kier alpha value is -1.47. The molecule has 1 aliphatic carbocycles. The van der Waals surface area contributed by atoms with Crippen LogP contribution in [0.1, 0.15) is 37.7 Å². The van der Waals surface area contributed by atoms with Gasteiger partial charge in [-0.15, -0.1) is 0 Å². The van der Waals surface area contributed by atoms with E-state index in [4.69, 9.17) is 0 Å². The molecule has 1 amide bonds. The normalized spacial score (nSPS) is 15.7. The van der Waals surface area contributed by atoms with Crippen LogP contribution in [0.15, 0.2) is 24.3 Å². The minimum Gasteiger partial charge on any atom is -0.355 e. The predicted molar refractivity (Wildman–Crippen MR) is 86.6 cm³/mol. The molecule has 0 aromatic heterocycles. The third kappa shape index (κ3) is 6.66. The van der Waals surface area contributed by atoms with Crippen LogP contribution in [0.5, 0.6) is 0 Å². The average Bonchev–Trinajstić information content (AvgIpc) is 2.96. The number of rotatable bonds is 8. The summed E-state index contributed by atoms with van der Waals surface area (Å²) >= 11 is 0. The predicted octanol–water partition coefficient (Wildman–Crippen LogP) is 1.94. The summed E-state index contributed by atoms with van der Waals surface area (Å²) in [5, 5.41) is 2.73. The number of carbonyl (C=O) groups is 1. The molecule has 0 unspecified atom stereocenters. The second-order valence-electron chi connectivity index (χ2n) is 5.99. The van der Waals surface area contributed by atoms with Crippen LogP contribution >= 0.6 is 0 Å². The summed E-state index contributed by atoms with van der Waals surface area (Å²) in [5.74, 6) is -0.293. The molecule has 128 valence electrons. The van der Waals surface area contributed by atoms with Crippen LogP contribution in [0.4, 0.5) is 4.39 Å². The van der Waals surface area contributed by atoms with E-state index in [9.17, 15) is 17.6 Å². The van der Waals surface area contributed by atoms with E-state index in [1.54, 1.807) is 6.07 Å². The lowest BCUT2D eigenvalue weighted by atomic mass is 10.0. The van der Waals surface area contributed by atoms with E-state index in [1.165, 1.54) is 31.0 Å². The molecule has 23 heavy (non-hydrogen) atoms. The van der Waals surface area contributed by atoms with Crippen LogP contribution < -0.4 is 10.0 Å². The van der Waals surface area contributed by atoms with Gasteiger partial charge in [-0.3, -0.25) is 4.79 Å². The van der Waals surface area contributed by atoms with Gasteiger partial charge in [0.25, 0.3) is 0 Å². The van der Waals surface area contributed by atoms with E-state index in [0.29, 0.717) is 17.9 Å². The highest BCUT2D eigenvalue weighted by atomic mass is 32.2. The first-order valence-corrected chi connectivity index (χ1v) is 9.58. The van der Waals surface area contributed by atoms with Crippen LogP contribution in [0.25, 0.3) is 0 Å². The topological polar surface area (TPSA) is 75.3 Å². The Morgan fingerprint density at radius 3 is 2.65 bits per heavy atom. The molecule has 2 N–H and O–H groups in total. The summed E-state index contributed by atoms with van der Waals surface area (Å²) in [7, 11) is -3.54. The monoisotopic (exact) mass is 342 g/mol. The van der Waals surface area contributed by atoms with Crippen molar-refractivity contribution in [2.45, 2.75) is 37.9 Å². The van der Waals surface area contributed by atoms with Gasteiger partial charge in [0.05, 0.1) is 5.75 Å². The molecule has 1 aromatic carbocycles. The van der Waals surface area contributed by atoms with Crippen molar-refractivity contribution in [3.8, 4) is 0 Å². The van der Waals surface area contributed by atoms with Gasteiger partial charge >= 0.3 is 0 Å². The fourth-order valence-corrected chi connectivity index (χ4v) is 3.99. The third-order valence-corrected chi connectivity index (χ3v) is 5.32. The van der Waals surface area contributed by atoms with Gasteiger partial charge in [0.2, 0.25) is 15.9 Å². The summed E-state index contributed by atoms with van der Waals surface area (Å²) < 4.78 is 39.2. The number of hydrogen-bond acceptors (Lipinski definition) is 3. The van der Waals surface area contributed by atoms with Crippen LogP contribution in [0.2, 0.25) is 0 Å². The maximum absolute atomic E-state index is 13.0. The number of benzene rings is 1. The minimum atomic E-state index is -3.54. The van der Waals surface area contributed by atoms with Crippen molar-refractivity contribution in [2.75, 3.05) is 13.1 Å². The molecule has 0 radical (unpaired) electrons. The lowest BCUT2D eigenvalue weighted by Crippen LogP contribution is -2.35. The second-order valence-corrected chi connectivity index (χ2v) is 7.79. The SMILES string of the molecule is O=C(CC1CCCC1)NCCNS(=O)(=O)Cc1cccc(F)c1. The first-order chi connectivity index (χ1) is 10.9. The van der Waals surface area contributed by atoms with Crippen LogP contribution in [-0.4, -0.2) is 27.4 Å². The molecule has 5 nitrogen and oxygen atoms in total. The van der Waals surface area contributed by atoms with Crippen molar-refractivity contribution in [3.63, 3.8) is 0 Å². The number of nitrogens with one attached hydrogen (secondary N) is 2. The van der Waals surface area contributed by atoms with Crippen molar-refractivity contribution in [1.82, 2.24) is 10.0 Å². The quantitative estimate of drug-likeness (QED) is 0.709. The van der Waals surface area contributed by atoms with E-state index in [0.717, 1.165) is 12.8 Å². The van der Waals surface area contributed by atoms with E-state index in [2.05, 4.69) is 10.0 Å². The molecule has 2 rings (SSSR count). The Kier molecular flexibility index (Phi) is 6.53. The lowest BCUT2D eigenvalue weighted by Gasteiger charge is -2.10. The van der Waals surface area contributed by atoms with E-state index >= 15 is 0 Å². The van der Waals surface area contributed by atoms with Crippen molar-refractivity contribution in [2.24, 2.45) is 5.92 Å². The van der Waals surface area contributed by atoms with Gasteiger partial charge in [-0.25, -0.2) is 17.5 Å². The first kappa shape index (κ1) is 17.9. The van der Waals surface area contributed by atoms with Crippen molar-refractivity contribution in [1.29, 1.82) is 0 Å².